The molecule has 0 fully saturated rings. The summed E-state index contributed by atoms with van der Waals surface area (Å²) >= 11 is 0. The SMILES string of the molecule is O=S(=O)(Cl)c1cccnc1Oc1ccc2c(c1)OCO2. The third-order valence-corrected chi connectivity index (χ3v) is 3.89. The molecule has 1 aromatic heterocycles. The average molecular weight is 314 g/mol. The minimum Gasteiger partial charge on any atom is -0.454 e. The summed E-state index contributed by atoms with van der Waals surface area (Å²) < 4.78 is 38.7. The Bertz CT molecular complexity index is 762. The van der Waals surface area contributed by atoms with Crippen molar-refractivity contribution < 1.29 is 22.6 Å². The van der Waals surface area contributed by atoms with Crippen LogP contribution >= 0.6 is 10.7 Å². The van der Waals surface area contributed by atoms with Gasteiger partial charge in [0.15, 0.2) is 11.5 Å². The number of hydrogen-bond acceptors (Lipinski definition) is 6. The van der Waals surface area contributed by atoms with Gasteiger partial charge in [-0.25, -0.2) is 13.4 Å². The van der Waals surface area contributed by atoms with E-state index in [1.165, 1.54) is 18.3 Å². The van der Waals surface area contributed by atoms with Crippen LogP contribution in [0.2, 0.25) is 0 Å². The quantitative estimate of drug-likeness (QED) is 0.811. The first-order valence-electron chi connectivity index (χ1n) is 5.51. The Morgan fingerprint density at radius 1 is 1.20 bits per heavy atom. The number of rotatable bonds is 3. The third-order valence-electron chi connectivity index (χ3n) is 2.56. The van der Waals surface area contributed by atoms with Gasteiger partial charge in [0.2, 0.25) is 12.7 Å². The van der Waals surface area contributed by atoms with Gasteiger partial charge in [-0.05, 0) is 24.3 Å². The van der Waals surface area contributed by atoms with Gasteiger partial charge >= 0.3 is 0 Å². The van der Waals surface area contributed by atoms with Gasteiger partial charge in [0.25, 0.3) is 9.05 Å². The molecule has 0 saturated heterocycles. The Hall–Kier alpha value is -1.99. The number of ether oxygens (including phenoxy) is 3. The molecule has 1 aromatic carbocycles. The van der Waals surface area contributed by atoms with E-state index in [9.17, 15) is 8.42 Å². The lowest BCUT2D eigenvalue weighted by Crippen LogP contribution is -1.97. The summed E-state index contributed by atoms with van der Waals surface area (Å²) in [7, 11) is 1.39. The van der Waals surface area contributed by atoms with Crippen molar-refractivity contribution in [2.24, 2.45) is 0 Å². The number of fused-ring (bicyclic) bond motifs is 1. The fourth-order valence-corrected chi connectivity index (χ4v) is 2.59. The minimum absolute atomic E-state index is 0.0960. The molecule has 3 rings (SSSR count). The summed E-state index contributed by atoms with van der Waals surface area (Å²) in [5.74, 6) is 1.40. The highest BCUT2D eigenvalue weighted by molar-refractivity contribution is 8.13. The average Bonchev–Trinajstić information content (AvgIpc) is 2.85. The van der Waals surface area contributed by atoms with Crippen LogP contribution in [0.5, 0.6) is 23.1 Å². The number of pyridine rings is 1. The highest BCUT2D eigenvalue weighted by Gasteiger charge is 2.19. The summed E-state index contributed by atoms with van der Waals surface area (Å²) in [6.45, 7) is 0.143. The zero-order valence-electron chi connectivity index (χ0n) is 9.95. The minimum atomic E-state index is -3.94. The van der Waals surface area contributed by atoms with E-state index in [0.717, 1.165) is 0 Å². The lowest BCUT2D eigenvalue weighted by Gasteiger charge is -2.08. The van der Waals surface area contributed by atoms with Gasteiger partial charge in [-0.2, -0.15) is 0 Å². The van der Waals surface area contributed by atoms with E-state index in [2.05, 4.69) is 4.98 Å². The van der Waals surface area contributed by atoms with Crippen LogP contribution < -0.4 is 14.2 Å². The van der Waals surface area contributed by atoms with Crippen LogP contribution in [0.1, 0.15) is 0 Å². The second kappa shape index (κ2) is 4.84. The van der Waals surface area contributed by atoms with Crippen LogP contribution in [0.4, 0.5) is 0 Å². The number of hydrogen-bond donors (Lipinski definition) is 0. The molecule has 0 amide bonds. The van der Waals surface area contributed by atoms with E-state index in [-0.39, 0.29) is 17.6 Å². The van der Waals surface area contributed by atoms with Gasteiger partial charge in [-0.1, -0.05) is 0 Å². The smallest absolute Gasteiger partial charge is 0.266 e. The third kappa shape index (κ3) is 2.50. The number of nitrogens with zero attached hydrogens (tertiary/aromatic N) is 1. The molecule has 0 spiro atoms. The van der Waals surface area contributed by atoms with Crippen molar-refractivity contribution >= 4 is 19.7 Å². The monoisotopic (exact) mass is 313 g/mol. The van der Waals surface area contributed by atoms with Crippen LogP contribution in [-0.2, 0) is 9.05 Å². The van der Waals surface area contributed by atoms with E-state index in [1.54, 1.807) is 18.2 Å². The first-order chi connectivity index (χ1) is 9.54. The van der Waals surface area contributed by atoms with E-state index in [1.807, 2.05) is 0 Å². The zero-order valence-corrected chi connectivity index (χ0v) is 11.5. The fraction of sp³-hybridized carbons (Fsp3) is 0.0833. The maximum absolute atomic E-state index is 11.4. The Morgan fingerprint density at radius 2 is 2.00 bits per heavy atom. The molecule has 8 heteroatoms. The largest absolute Gasteiger partial charge is 0.454 e. The number of aromatic nitrogens is 1. The molecule has 0 saturated carbocycles. The maximum Gasteiger partial charge on any atom is 0.266 e. The lowest BCUT2D eigenvalue weighted by atomic mass is 10.3. The molecular weight excluding hydrogens is 306 g/mol. The van der Waals surface area contributed by atoms with Crippen LogP contribution in [0, 0.1) is 0 Å². The van der Waals surface area contributed by atoms with E-state index >= 15 is 0 Å². The number of benzene rings is 1. The summed E-state index contributed by atoms with van der Waals surface area (Å²) in [6.07, 6.45) is 1.41. The van der Waals surface area contributed by atoms with Gasteiger partial charge in [0.05, 0.1) is 0 Å². The second-order valence-corrected chi connectivity index (χ2v) is 6.40. The molecule has 2 heterocycles. The summed E-state index contributed by atoms with van der Waals surface area (Å²) in [5, 5.41) is 0. The molecule has 1 aliphatic rings. The van der Waals surface area contributed by atoms with Gasteiger partial charge < -0.3 is 14.2 Å². The molecule has 0 radical (unpaired) electrons. The van der Waals surface area contributed by atoms with E-state index < -0.39 is 9.05 Å². The molecule has 20 heavy (non-hydrogen) atoms. The Morgan fingerprint density at radius 3 is 2.80 bits per heavy atom. The predicted octanol–water partition coefficient (Wildman–Crippen LogP) is 2.53. The summed E-state index contributed by atoms with van der Waals surface area (Å²) in [6, 6.07) is 7.64. The van der Waals surface area contributed by atoms with Gasteiger partial charge in [0.1, 0.15) is 10.6 Å². The van der Waals surface area contributed by atoms with Gasteiger partial charge in [0, 0.05) is 22.9 Å². The fourth-order valence-electron chi connectivity index (χ4n) is 1.69. The first kappa shape index (κ1) is 13.0. The number of halogens is 1. The highest BCUT2D eigenvalue weighted by Crippen LogP contribution is 2.37. The molecule has 1 aliphatic heterocycles. The molecule has 0 aliphatic carbocycles. The highest BCUT2D eigenvalue weighted by atomic mass is 35.7. The van der Waals surface area contributed by atoms with Crippen molar-refractivity contribution in [2.75, 3.05) is 6.79 Å². The van der Waals surface area contributed by atoms with Gasteiger partial charge in [-0.15, -0.1) is 0 Å². The normalized spacial score (nSPS) is 13.2. The lowest BCUT2D eigenvalue weighted by molar-refractivity contribution is 0.174. The Kier molecular flexibility index (Phi) is 3.15. The first-order valence-corrected chi connectivity index (χ1v) is 7.82. The Labute approximate surface area is 119 Å². The zero-order chi connectivity index (χ0) is 14.2. The van der Waals surface area contributed by atoms with Crippen molar-refractivity contribution in [3.63, 3.8) is 0 Å². The Balaban J connectivity index is 1.96. The molecule has 0 N–H and O–H groups in total. The molecule has 0 unspecified atom stereocenters. The van der Waals surface area contributed by atoms with Crippen molar-refractivity contribution in [3.8, 4) is 23.1 Å². The van der Waals surface area contributed by atoms with Crippen LogP contribution in [0.3, 0.4) is 0 Å². The molecular formula is C12H8ClNO5S. The summed E-state index contributed by atoms with van der Waals surface area (Å²) in [4.78, 5) is 3.68. The van der Waals surface area contributed by atoms with Gasteiger partial charge in [-0.3, -0.25) is 0 Å². The van der Waals surface area contributed by atoms with Crippen LogP contribution in [0.25, 0.3) is 0 Å². The van der Waals surface area contributed by atoms with E-state index in [0.29, 0.717) is 17.2 Å². The standard InChI is InChI=1S/C12H8ClNO5S/c13-20(15,16)11-2-1-5-14-12(11)19-8-3-4-9-10(6-8)18-7-17-9/h1-6H,7H2. The van der Waals surface area contributed by atoms with Crippen LogP contribution in [0.15, 0.2) is 41.4 Å². The summed E-state index contributed by atoms with van der Waals surface area (Å²) in [5.41, 5.74) is 0. The molecule has 6 nitrogen and oxygen atoms in total. The molecule has 0 atom stereocenters. The van der Waals surface area contributed by atoms with Crippen molar-refractivity contribution in [3.05, 3.63) is 36.5 Å². The predicted molar refractivity (Wildman–Crippen MR) is 69.9 cm³/mol. The van der Waals surface area contributed by atoms with Crippen molar-refractivity contribution in [2.45, 2.75) is 4.90 Å². The molecule has 0 bridgehead atoms. The van der Waals surface area contributed by atoms with Crippen molar-refractivity contribution in [1.82, 2.24) is 4.98 Å². The maximum atomic E-state index is 11.4. The van der Waals surface area contributed by atoms with Crippen molar-refractivity contribution in [1.29, 1.82) is 0 Å². The molecule has 2 aromatic rings. The van der Waals surface area contributed by atoms with Crippen LogP contribution in [-0.4, -0.2) is 20.2 Å². The topological polar surface area (TPSA) is 74.7 Å². The van der Waals surface area contributed by atoms with E-state index in [4.69, 9.17) is 24.9 Å². The molecule has 104 valence electrons. The second-order valence-electron chi connectivity index (χ2n) is 3.86.